The Bertz CT molecular complexity index is 331. The topological polar surface area (TPSA) is 12.0 Å². The van der Waals surface area contributed by atoms with Gasteiger partial charge >= 0.3 is 0 Å². The van der Waals surface area contributed by atoms with Crippen molar-refractivity contribution in [3.05, 3.63) is 29.8 Å². The van der Waals surface area contributed by atoms with Gasteiger partial charge < -0.3 is 5.32 Å². The van der Waals surface area contributed by atoms with E-state index in [1.807, 2.05) is 0 Å². The Morgan fingerprint density at radius 1 is 0.762 bits per heavy atom. The maximum absolute atomic E-state index is 3.77. The van der Waals surface area contributed by atoms with Crippen molar-refractivity contribution in [1.82, 2.24) is 0 Å². The molecule has 0 aliphatic heterocycles. The molecule has 1 N–H and O–H groups in total. The second-order valence-corrected chi connectivity index (χ2v) is 6.28. The lowest BCUT2D eigenvalue weighted by molar-refractivity contribution is 0.526. The first-order chi connectivity index (χ1) is 10.3. The number of anilines is 1. The predicted molar refractivity (Wildman–Crippen MR) is 96.1 cm³/mol. The predicted octanol–water partition coefficient (Wildman–Crippen LogP) is 6.58. The maximum Gasteiger partial charge on any atom is 0.0342 e. The second-order valence-electron chi connectivity index (χ2n) is 6.28. The Labute approximate surface area is 132 Å². The van der Waals surface area contributed by atoms with Gasteiger partial charge in [0, 0.05) is 11.7 Å². The molecule has 0 atom stereocenters. The molecule has 21 heavy (non-hydrogen) atoms. The zero-order valence-electron chi connectivity index (χ0n) is 14.5. The summed E-state index contributed by atoms with van der Waals surface area (Å²) in [4.78, 5) is 0. The van der Waals surface area contributed by atoms with Crippen molar-refractivity contribution in [1.29, 1.82) is 0 Å². The molecule has 1 aromatic rings. The van der Waals surface area contributed by atoms with Gasteiger partial charge in [-0.15, -0.1) is 0 Å². The first-order valence-electron chi connectivity index (χ1n) is 9.15. The highest BCUT2D eigenvalue weighted by atomic mass is 14.9. The molecule has 1 aromatic carbocycles. The van der Waals surface area contributed by atoms with Crippen molar-refractivity contribution in [2.24, 2.45) is 0 Å². The fourth-order valence-electron chi connectivity index (χ4n) is 2.86. The minimum absolute atomic E-state index is 0.653. The summed E-state index contributed by atoms with van der Waals surface area (Å²) in [5, 5.41) is 3.77. The highest BCUT2D eigenvalue weighted by molar-refractivity contribution is 5.45. The van der Waals surface area contributed by atoms with Gasteiger partial charge in [-0.25, -0.2) is 0 Å². The maximum atomic E-state index is 3.77. The van der Waals surface area contributed by atoms with E-state index in [2.05, 4.69) is 50.4 Å². The van der Waals surface area contributed by atoms with E-state index in [4.69, 9.17) is 0 Å². The second kappa shape index (κ2) is 11.7. The van der Waals surface area contributed by atoms with Crippen molar-refractivity contribution >= 4 is 5.69 Å². The molecule has 0 saturated heterocycles. The number of hydrogen-bond donors (Lipinski definition) is 1. The van der Waals surface area contributed by atoms with Crippen LogP contribution >= 0.6 is 0 Å². The Morgan fingerprint density at radius 3 is 1.81 bits per heavy atom. The van der Waals surface area contributed by atoms with Gasteiger partial charge in [0.1, 0.15) is 0 Å². The summed E-state index contributed by atoms with van der Waals surface area (Å²) in [6.07, 6.45) is 13.1. The number of benzene rings is 1. The zero-order chi connectivity index (χ0) is 15.3. The van der Waals surface area contributed by atoms with E-state index < -0.39 is 0 Å². The highest BCUT2D eigenvalue weighted by Gasteiger charge is 2.08. The normalized spacial score (nSPS) is 11.0. The molecule has 0 amide bonds. The van der Waals surface area contributed by atoms with E-state index in [0.717, 1.165) is 0 Å². The standard InChI is InChI=1S/C20H35N/c1-4-7-9-12-19(13-10-8-5-2)21-20-16-14-18(11-6-3)15-17-20/h14-17,19,21H,4-13H2,1-3H3. The lowest BCUT2D eigenvalue weighted by Crippen LogP contribution is -2.19. The molecular weight excluding hydrogens is 254 g/mol. The van der Waals surface area contributed by atoms with Crippen LogP contribution in [0.5, 0.6) is 0 Å². The number of aryl methyl sites for hydroxylation is 1. The summed E-state index contributed by atoms with van der Waals surface area (Å²) < 4.78 is 0. The van der Waals surface area contributed by atoms with Crippen LogP contribution in [0.3, 0.4) is 0 Å². The molecule has 0 heterocycles. The molecule has 0 spiro atoms. The van der Waals surface area contributed by atoms with Crippen LogP contribution in [0.2, 0.25) is 0 Å². The Kier molecular flexibility index (Phi) is 10.0. The van der Waals surface area contributed by atoms with E-state index in [-0.39, 0.29) is 0 Å². The third kappa shape index (κ3) is 8.14. The summed E-state index contributed by atoms with van der Waals surface area (Å²) in [7, 11) is 0. The molecular formula is C20H35N. The first kappa shape index (κ1) is 18.1. The Morgan fingerprint density at radius 2 is 1.33 bits per heavy atom. The molecule has 120 valence electrons. The van der Waals surface area contributed by atoms with E-state index in [0.29, 0.717) is 6.04 Å². The monoisotopic (exact) mass is 289 g/mol. The van der Waals surface area contributed by atoms with Crippen LogP contribution in [0.15, 0.2) is 24.3 Å². The lowest BCUT2D eigenvalue weighted by atomic mass is 10.0. The summed E-state index contributed by atoms with van der Waals surface area (Å²) in [6.45, 7) is 6.81. The largest absolute Gasteiger partial charge is 0.382 e. The van der Waals surface area contributed by atoms with E-state index in [9.17, 15) is 0 Å². The van der Waals surface area contributed by atoms with Gasteiger partial charge in [0.25, 0.3) is 0 Å². The van der Waals surface area contributed by atoms with E-state index in [1.165, 1.54) is 75.5 Å². The van der Waals surface area contributed by atoms with Gasteiger partial charge in [-0.05, 0) is 37.0 Å². The molecule has 1 heteroatoms. The van der Waals surface area contributed by atoms with Crippen LogP contribution in [0, 0.1) is 0 Å². The quantitative estimate of drug-likeness (QED) is 0.428. The fourth-order valence-corrected chi connectivity index (χ4v) is 2.86. The minimum atomic E-state index is 0.653. The molecule has 0 bridgehead atoms. The Balaban J connectivity index is 2.48. The fraction of sp³-hybridized carbons (Fsp3) is 0.700. The molecule has 0 radical (unpaired) electrons. The summed E-state index contributed by atoms with van der Waals surface area (Å²) in [6, 6.07) is 9.73. The third-order valence-corrected chi connectivity index (χ3v) is 4.18. The molecule has 0 aliphatic carbocycles. The van der Waals surface area contributed by atoms with Gasteiger partial charge in [-0.2, -0.15) is 0 Å². The molecule has 0 aliphatic rings. The van der Waals surface area contributed by atoms with Gasteiger partial charge in [-0.3, -0.25) is 0 Å². The molecule has 0 fully saturated rings. The van der Waals surface area contributed by atoms with Crippen molar-refractivity contribution in [2.75, 3.05) is 5.32 Å². The number of nitrogens with one attached hydrogen (secondary N) is 1. The van der Waals surface area contributed by atoms with Crippen molar-refractivity contribution < 1.29 is 0 Å². The number of hydrogen-bond acceptors (Lipinski definition) is 1. The molecule has 0 saturated carbocycles. The average molecular weight is 290 g/mol. The summed E-state index contributed by atoms with van der Waals surface area (Å²) in [5.74, 6) is 0. The number of unbranched alkanes of at least 4 members (excludes halogenated alkanes) is 4. The molecule has 0 aromatic heterocycles. The van der Waals surface area contributed by atoms with Crippen molar-refractivity contribution in [3.8, 4) is 0 Å². The Hall–Kier alpha value is -0.980. The van der Waals surface area contributed by atoms with Gasteiger partial charge in [-0.1, -0.05) is 77.8 Å². The van der Waals surface area contributed by atoms with Gasteiger partial charge in [0.05, 0.1) is 0 Å². The van der Waals surface area contributed by atoms with Crippen LogP contribution < -0.4 is 5.32 Å². The SMILES string of the molecule is CCCCCC(CCCCC)Nc1ccc(CCC)cc1. The average Bonchev–Trinajstić information content (AvgIpc) is 2.50. The third-order valence-electron chi connectivity index (χ3n) is 4.18. The van der Waals surface area contributed by atoms with Crippen molar-refractivity contribution in [3.63, 3.8) is 0 Å². The van der Waals surface area contributed by atoms with Gasteiger partial charge in [0.2, 0.25) is 0 Å². The van der Waals surface area contributed by atoms with Crippen molar-refractivity contribution in [2.45, 2.75) is 91.0 Å². The summed E-state index contributed by atoms with van der Waals surface area (Å²) >= 11 is 0. The van der Waals surface area contributed by atoms with Gasteiger partial charge in [0.15, 0.2) is 0 Å². The van der Waals surface area contributed by atoms with E-state index in [1.54, 1.807) is 0 Å². The van der Waals surface area contributed by atoms with Crippen LogP contribution in [-0.4, -0.2) is 6.04 Å². The number of rotatable bonds is 12. The van der Waals surface area contributed by atoms with E-state index >= 15 is 0 Å². The summed E-state index contributed by atoms with van der Waals surface area (Å²) in [5.41, 5.74) is 2.75. The molecule has 0 unspecified atom stereocenters. The van der Waals surface area contributed by atoms with Crippen LogP contribution in [-0.2, 0) is 6.42 Å². The minimum Gasteiger partial charge on any atom is -0.382 e. The van der Waals surface area contributed by atoms with Crippen LogP contribution in [0.25, 0.3) is 0 Å². The molecule has 1 nitrogen and oxygen atoms in total. The molecule has 1 rings (SSSR count). The highest BCUT2D eigenvalue weighted by Crippen LogP contribution is 2.18. The smallest absolute Gasteiger partial charge is 0.0342 e. The zero-order valence-corrected chi connectivity index (χ0v) is 14.5. The van der Waals surface area contributed by atoms with Crippen LogP contribution in [0.1, 0.15) is 84.1 Å². The first-order valence-corrected chi connectivity index (χ1v) is 9.15. The lowest BCUT2D eigenvalue weighted by Gasteiger charge is -2.20. The van der Waals surface area contributed by atoms with Crippen LogP contribution in [0.4, 0.5) is 5.69 Å².